The molecule has 0 aromatic rings. The van der Waals surface area contributed by atoms with E-state index < -0.39 is 12.1 Å². The average Bonchev–Trinajstić information content (AvgIpc) is 3.43. The molecule has 4 N–H and O–H groups in total. The fourth-order valence-electron chi connectivity index (χ4n) is 3.12. The Kier molecular flexibility index (Phi) is 41.0. The molecule has 3 atom stereocenters. The molecule has 1 saturated heterocycles. The van der Waals surface area contributed by atoms with Crippen molar-refractivity contribution in [3.63, 3.8) is 0 Å². The van der Waals surface area contributed by atoms with Crippen molar-refractivity contribution in [2.75, 3.05) is 20.1 Å². The summed E-state index contributed by atoms with van der Waals surface area (Å²) >= 11 is 0. The first-order valence-electron chi connectivity index (χ1n) is 15.9. The largest absolute Gasteiger partial charge is 0.355 e. The molecule has 1 fully saturated rings. The second kappa shape index (κ2) is 35.8. The first-order valence-corrected chi connectivity index (χ1v) is 15.9. The maximum absolute atomic E-state index is 12.5. The van der Waals surface area contributed by atoms with Gasteiger partial charge in [0.05, 0.1) is 6.04 Å². The number of unbranched alkanes of at least 4 members (excludes halogenated alkanes) is 1. The number of likely N-dealkylation sites (tertiary alicyclic amines) is 1. The van der Waals surface area contributed by atoms with Gasteiger partial charge in [-0.15, -0.1) is 18.9 Å². The van der Waals surface area contributed by atoms with E-state index in [2.05, 4.69) is 68.4 Å². The highest BCUT2D eigenvalue weighted by Crippen LogP contribution is 2.25. The van der Waals surface area contributed by atoms with Crippen molar-refractivity contribution in [3.05, 3.63) is 12.7 Å². The number of hydrogen-bond donors (Lipinski definition) is 4. The van der Waals surface area contributed by atoms with Crippen molar-refractivity contribution in [1.29, 1.82) is 0 Å². The molecule has 10 nitrogen and oxygen atoms in total. The molecule has 0 aromatic carbocycles. The van der Waals surface area contributed by atoms with Crippen LogP contribution in [0, 0.1) is 17.8 Å². The van der Waals surface area contributed by atoms with Crippen LogP contribution in [0.4, 0.5) is 4.79 Å². The molecule has 0 saturated carbocycles. The molecule has 1 heterocycles. The first kappa shape index (κ1) is 50.3. The van der Waals surface area contributed by atoms with Crippen LogP contribution in [0.15, 0.2) is 12.7 Å². The molecule has 10 heteroatoms. The normalized spacial score (nSPS) is 13.8. The lowest BCUT2D eigenvalue weighted by Crippen LogP contribution is -2.56. The van der Waals surface area contributed by atoms with E-state index in [1.165, 1.54) is 26.2 Å². The van der Waals surface area contributed by atoms with Gasteiger partial charge >= 0.3 is 6.03 Å². The van der Waals surface area contributed by atoms with Gasteiger partial charge in [-0.05, 0) is 38.5 Å². The average molecular weight is 626 g/mol. The van der Waals surface area contributed by atoms with Crippen molar-refractivity contribution in [2.45, 2.75) is 139 Å². The van der Waals surface area contributed by atoms with Crippen molar-refractivity contribution >= 4 is 30.5 Å². The second-order valence-corrected chi connectivity index (χ2v) is 10.8. The summed E-state index contributed by atoms with van der Waals surface area (Å²) in [6, 6.07) is -0.939. The Labute approximate surface area is 270 Å². The van der Waals surface area contributed by atoms with Gasteiger partial charge in [-0.2, -0.15) is 0 Å². The lowest BCUT2D eigenvalue weighted by atomic mass is 9.85. The molecule has 44 heavy (non-hydrogen) atoms. The van der Waals surface area contributed by atoms with Gasteiger partial charge in [0.15, 0.2) is 5.78 Å². The monoisotopic (exact) mass is 626 g/mol. The summed E-state index contributed by atoms with van der Waals surface area (Å²) < 4.78 is 0. The van der Waals surface area contributed by atoms with Gasteiger partial charge in [0.25, 0.3) is 0 Å². The van der Waals surface area contributed by atoms with E-state index >= 15 is 0 Å². The number of urea groups is 1. The smallest absolute Gasteiger partial charge is 0.315 e. The fraction of sp³-hybridized carbons (Fsp3) is 0.735. The minimum Gasteiger partial charge on any atom is -0.355 e. The topological polar surface area (TPSA) is 137 Å². The lowest BCUT2D eigenvalue weighted by Gasteiger charge is -2.34. The van der Waals surface area contributed by atoms with E-state index in [-0.39, 0.29) is 29.2 Å². The van der Waals surface area contributed by atoms with Crippen molar-refractivity contribution in [2.24, 2.45) is 5.41 Å². The Hall–Kier alpha value is -3.35. The van der Waals surface area contributed by atoms with Crippen molar-refractivity contribution in [1.82, 2.24) is 26.2 Å². The van der Waals surface area contributed by atoms with E-state index in [9.17, 15) is 24.0 Å². The quantitative estimate of drug-likeness (QED) is 0.102. The van der Waals surface area contributed by atoms with E-state index in [0.29, 0.717) is 32.2 Å². The summed E-state index contributed by atoms with van der Waals surface area (Å²) in [5.41, 5.74) is -0.300. The first-order chi connectivity index (χ1) is 20.7. The number of nitrogens with one attached hydrogen (secondary N) is 4. The zero-order valence-corrected chi connectivity index (χ0v) is 30.1. The second-order valence-electron chi connectivity index (χ2n) is 10.8. The third-order valence-corrected chi connectivity index (χ3v) is 5.63. The van der Waals surface area contributed by atoms with Crippen LogP contribution in [0.1, 0.15) is 121 Å². The number of nitrogens with zero attached hydrogens (tertiary/aromatic N) is 1. The molecule has 3 unspecified atom stereocenters. The molecule has 1 aliphatic heterocycles. The van der Waals surface area contributed by atoms with Gasteiger partial charge in [0, 0.05) is 32.6 Å². The van der Waals surface area contributed by atoms with Crippen molar-refractivity contribution < 1.29 is 24.0 Å². The van der Waals surface area contributed by atoms with E-state index in [1.807, 2.05) is 39.5 Å². The minimum absolute atomic E-state index is 0.0242. The SMILES string of the molecule is C#CCCC(NC=O)C(C)=O.C=CCNC=O.CC.CCC.CCCC.CNC(=O)NC(C(=O)N1CCCC1C)C(C)(C)C. The minimum atomic E-state index is -0.488. The van der Waals surface area contributed by atoms with Gasteiger partial charge in [-0.25, -0.2) is 4.79 Å². The van der Waals surface area contributed by atoms with E-state index in [4.69, 9.17) is 6.42 Å². The summed E-state index contributed by atoms with van der Waals surface area (Å²) in [6.45, 7) is 26.7. The van der Waals surface area contributed by atoms with Gasteiger partial charge in [-0.3, -0.25) is 19.2 Å². The number of terminal acetylenes is 1. The molecule has 5 amide bonds. The number of ketones is 1. The molecular weight excluding hydrogens is 558 g/mol. The van der Waals surface area contributed by atoms with Gasteiger partial charge in [0.2, 0.25) is 18.7 Å². The third-order valence-electron chi connectivity index (χ3n) is 5.63. The van der Waals surface area contributed by atoms with Crippen LogP contribution in [0.2, 0.25) is 0 Å². The Morgan fingerprint density at radius 3 is 1.86 bits per heavy atom. The maximum Gasteiger partial charge on any atom is 0.315 e. The van der Waals surface area contributed by atoms with Gasteiger partial charge < -0.3 is 26.2 Å². The van der Waals surface area contributed by atoms with Gasteiger partial charge in [-0.1, -0.05) is 87.7 Å². The molecule has 0 aromatic heterocycles. The summed E-state index contributed by atoms with van der Waals surface area (Å²) in [4.78, 5) is 56.0. The van der Waals surface area contributed by atoms with Crippen LogP contribution in [-0.2, 0) is 19.2 Å². The lowest BCUT2D eigenvalue weighted by molar-refractivity contribution is -0.136. The molecule has 0 radical (unpaired) electrons. The third kappa shape index (κ3) is 31.6. The number of carbonyl (C=O) groups is 5. The Morgan fingerprint density at radius 2 is 1.59 bits per heavy atom. The van der Waals surface area contributed by atoms with Gasteiger partial charge in [0.1, 0.15) is 6.04 Å². The summed E-state index contributed by atoms with van der Waals surface area (Å²) in [5.74, 6) is 2.36. The highest BCUT2D eigenvalue weighted by molar-refractivity contribution is 5.88. The summed E-state index contributed by atoms with van der Waals surface area (Å²) in [5, 5.41) is 10.1. The Morgan fingerprint density at radius 1 is 1.07 bits per heavy atom. The number of carbonyl (C=O) groups excluding carboxylic acids is 5. The standard InChI is InChI=1S/C13H25N3O2.C8H11NO2.C4H7NO.C4H10.C3H8.C2H6/c1-9-7-6-8-16(9)11(17)10(13(2,3)4)15-12(18)14-5;1-3-4-5-8(7(2)11)9-6-10;1-2-3-5-4-6;1-3-4-2;1-3-2;1-2/h9-10H,6-8H2,1-5H3,(H2,14,15,18);1,6,8H,4-5H2,2H3,(H,9,10);2,4H,1,3H2,(H,5,6);3-4H2,1-2H3;3H2,1-2H3;1-2H3. The van der Waals surface area contributed by atoms with Crippen LogP contribution in [0.3, 0.4) is 0 Å². The molecule has 258 valence electrons. The van der Waals surface area contributed by atoms with Crippen LogP contribution < -0.4 is 21.3 Å². The summed E-state index contributed by atoms with van der Waals surface area (Å²) in [7, 11) is 1.55. The number of amides is 5. The van der Waals surface area contributed by atoms with Crippen LogP contribution in [0.5, 0.6) is 0 Å². The number of hydrogen-bond acceptors (Lipinski definition) is 5. The number of Topliss-reactive ketones (excluding diaryl/α,β-unsaturated/α-hetero) is 1. The maximum atomic E-state index is 12.5. The van der Waals surface area contributed by atoms with E-state index in [1.54, 1.807) is 13.1 Å². The fourth-order valence-corrected chi connectivity index (χ4v) is 3.12. The molecule has 0 spiro atoms. The molecular formula is C34H67N5O5. The molecule has 0 aliphatic carbocycles. The highest BCUT2D eigenvalue weighted by atomic mass is 16.2. The van der Waals surface area contributed by atoms with Crippen LogP contribution in [-0.4, -0.2) is 73.7 Å². The zero-order valence-electron chi connectivity index (χ0n) is 30.1. The number of rotatable bonds is 11. The predicted octanol–water partition coefficient (Wildman–Crippen LogP) is 5.61. The zero-order chi connectivity index (χ0) is 35.6. The Balaban J connectivity index is -0.000000166. The molecule has 1 aliphatic rings. The molecule has 0 bridgehead atoms. The predicted molar refractivity (Wildman–Crippen MR) is 185 cm³/mol. The Bertz CT molecular complexity index is 765. The van der Waals surface area contributed by atoms with E-state index in [0.717, 1.165) is 19.4 Å². The van der Waals surface area contributed by atoms with Crippen LogP contribution in [0.25, 0.3) is 0 Å². The highest BCUT2D eigenvalue weighted by Gasteiger charge is 2.38. The van der Waals surface area contributed by atoms with Crippen LogP contribution >= 0.6 is 0 Å². The summed E-state index contributed by atoms with van der Waals surface area (Å²) in [6.07, 6.45) is 14.8. The molecule has 1 rings (SSSR count). The van der Waals surface area contributed by atoms with Crippen molar-refractivity contribution in [3.8, 4) is 12.3 Å².